The fourth-order valence-corrected chi connectivity index (χ4v) is 5.20. The maximum atomic E-state index is 14.8. The van der Waals surface area contributed by atoms with E-state index in [2.05, 4.69) is 25.9 Å². The van der Waals surface area contributed by atoms with Crippen LogP contribution in [0.3, 0.4) is 0 Å². The largest absolute Gasteiger partial charge is 0.453 e. The van der Waals surface area contributed by atoms with E-state index in [-0.39, 0.29) is 23.6 Å². The Labute approximate surface area is 223 Å². The molecule has 1 aliphatic carbocycles. The van der Waals surface area contributed by atoms with Crippen LogP contribution in [0.25, 0.3) is 20.8 Å². The zero-order valence-electron chi connectivity index (χ0n) is 20.5. The number of ether oxygens (including phenoxy) is 1. The van der Waals surface area contributed by atoms with Gasteiger partial charge in [-0.2, -0.15) is 0 Å². The minimum absolute atomic E-state index is 0.0338. The molecule has 0 aliphatic heterocycles. The van der Waals surface area contributed by atoms with Crippen molar-refractivity contribution in [3.63, 3.8) is 0 Å². The second kappa shape index (κ2) is 11.0. The maximum Gasteiger partial charge on any atom is 0.319 e. The predicted molar refractivity (Wildman–Crippen MR) is 146 cm³/mol. The van der Waals surface area contributed by atoms with Crippen LogP contribution in [0.4, 0.5) is 14.9 Å². The van der Waals surface area contributed by atoms with Gasteiger partial charge in [0.2, 0.25) is 0 Å². The first-order valence-electron chi connectivity index (χ1n) is 12.0. The number of nitrogens with zero attached hydrogens (tertiary/aromatic N) is 2. The molecule has 0 atom stereocenters. The average molecular weight is 556 g/mol. The molecular formula is C26H26FN5O4S2. The molecular weight excluding hydrogens is 529 g/mol. The molecule has 1 fully saturated rings. The van der Waals surface area contributed by atoms with Crippen LogP contribution in [-0.2, 0) is 16.4 Å². The summed E-state index contributed by atoms with van der Waals surface area (Å²) >= 11 is 1.44. The van der Waals surface area contributed by atoms with Crippen LogP contribution in [0.2, 0.25) is 0 Å². The lowest BCUT2D eigenvalue weighted by Gasteiger charge is -2.10. The fraction of sp³-hybridized carbons (Fsp3) is 0.269. The monoisotopic (exact) mass is 555 g/mol. The topological polar surface area (TPSA) is 122 Å². The number of hydrogen-bond acceptors (Lipinski definition) is 8. The van der Waals surface area contributed by atoms with Crippen LogP contribution in [0.1, 0.15) is 18.4 Å². The summed E-state index contributed by atoms with van der Waals surface area (Å²) in [5.74, 6) is -0.0194. The molecule has 0 saturated heterocycles. The summed E-state index contributed by atoms with van der Waals surface area (Å²) in [5, 5.41) is 8.52. The first-order chi connectivity index (χ1) is 18.2. The third-order valence-electron chi connectivity index (χ3n) is 5.75. The summed E-state index contributed by atoms with van der Waals surface area (Å²) in [6.07, 6.45) is 6.49. The molecule has 3 heterocycles. The zero-order chi connectivity index (χ0) is 26.7. The Morgan fingerprint density at radius 1 is 1.13 bits per heavy atom. The van der Waals surface area contributed by atoms with E-state index >= 15 is 0 Å². The van der Waals surface area contributed by atoms with Crippen LogP contribution < -0.4 is 20.7 Å². The second-order valence-corrected chi connectivity index (χ2v) is 12.4. The minimum Gasteiger partial charge on any atom is -0.453 e. The highest BCUT2D eigenvalue weighted by molar-refractivity contribution is 7.90. The summed E-state index contributed by atoms with van der Waals surface area (Å²) in [7, 11) is -3.00. The van der Waals surface area contributed by atoms with Crippen molar-refractivity contribution in [2.75, 3.05) is 23.9 Å². The molecule has 3 N–H and O–H groups in total. The quantitative estimate of drug-likeness (QED) is 0.242. The van der Waals surface area contributed by atoms with Crippen LogP contribution >= 0.6 is 11.3 Å². The van der Waals surface area contributed by atoms with Crippen LogP contribution in [0, 0.1) is 5.82 Å². The molecule has 12 heteroatoms. The number of sulfone groups is 1. The van der Waals surface area contributed by atoms with Crippen molar-refractivity contribution < 1.29 is 22.3 Å². The molecule has 3 aromatic heterocycles. The summed E-state index contributed by atoms with van der Waals surface area (Å²) in [4.78, 5) is 21.7. The van der Waals surface area contributed by atoms with Gasteiger partial charge in [-0.15, -0.1) is 11.3 Å². The maximum absolute atomic E-state index is 14.8. The van der Waals surface area contributed by atoms with E-state index in [9.17, 15) is 17.6 Å². The fourth-order valence-electron chi connectivity index (χ4n) is 3.65. The summed E-state index contributed by atoms with van der Waals surface area (Å²) in [6, 6.07) is 11.5. The number of hydrogen-bond donors (Lipinski definition) is 3. The number of amides is 2. The van der Waals surface area contributed by atoms with E-state index in [0.717, 1.165) is 33.7 Å². The highest BCUT2D eigenvalue weighted by Gasteiger charge is 2.23. The number of pyridine rings is 2. The third kappa shape index (κ3) is 6.82. The van der Waals surface area contributed by atoms with Gasteiger partial charge in [-0.25, -0.2) is 17.6 Å². The lowest BCUT2D eigenvalue weighted by molar-refractivity contribution is 0.251. The third-order valence-corrected chi connectivity index (χ3v) is 7.86. The molecule has 4 aromatic rings. The van der Waals surface area contributed by atoms with Gasteiger partial charge >= 0.3 is 6.03 Å². The van der Waals surface area contributed by atoms with Crippen molar-refractivity contribution in [3.8, 4) is 22.1 Å². The number of carbonyl (C=O) groups is 1. The molecule has 0 unspecified atom stereocenters. The number of nitrogens with one attached hydrogen (secondary N) is 3. The number of halogens is 1. The van der Waals surface area contributed by atoms with E-state index in [1.165, 1.54) is 29.7 Å². The van der Waals surface area contributed by atoms with Gasteiger partial charge in [0.05, 0.1) is 26.5 Å². The summed E-state index contributed by atoms with van der Waals surface area (Å²) in [6.45, 7) is 0.890. The van der Waals surface area contributed by atoms with Gasteiger partial charge in [0.15, 0.2) is 11.6 Å². The Hall–Kier alpha value is -3.61. The van der Waals surface area contributed by atoms with Crippen molar-refractivity contribution in [2.24, 2.45) is 0 Å². The number of benzene rings is 1. The molecule has 5 rings (SSSR count). The standard InChI is InChI=1S/C26H26FN5O4S2/c1-38(34,35)11-10-28-14-16-2-6-20(30-15-16)24-13-21-25(37-24)23(8-9-29-21)36-22-7-5-18(12-19(22)27)32-26(33)31-17-3-4-17/h2,5-9,12-13,15,17,28H,3-4,10-11,14H2,1H3,(H2,31,32,33). The molecule has 198 valence electrons. The van der Waals surface area contributed by atoms with Crippen molar-refractivity contribution in [3.05, 3.63) is 66.2 Å². The van der Waals surface area contributed by atoms with Gasteiger partial charge in [0.25, 0.3) is 0 Å². The van der Waals surface area contributed by atoms with Crippen LogP contribution in [-0.4, -0.2) is 49.0 Å². The smallest absolute Gasteiger partial charge is 0.319 e. The number of anilines is 1. The minimum atomic E-state index is -3.00. The molecule has 1 aliphatic rings. The first-order valence-corrected chi connectivity index (χ1v) is 14.9. The first kappa shape index (κ1) is 26.0. The van der Waals surface area contributed by atoms with E-state index in [1.54, 1.807) is 24.5 Å². The van der Waals surface area contributed by atoms with Crippen LogP contribution in [0.5, 0.6) is 11.5 Å². The molecule has 1 saturated carbocycles. The number of thiophene rings is 1. The Bertz CT molecular complexity index is 1570. The van der Waals surface area contributed by atoms with Gasteiger partial charge in [-0.05, 0) is 42.7 Å². The molecule has 2 amide bonds. The van der Waals surface area contributed by atoms with Crippen LogP contribution in [0.15, 0.2) is 54.9 Å². The number of carbonyl (C=O) groups excluding carboxylic acids is 1. The second-order valence-electron chi connectivity index (χ2n) is 9.11. The predicted octanol–water partition coefficient (Wildman–Crippen LogP) is 4.71. The Morgan fingerprint density at radius 3 is 2.68 bits per heavy atom. The number of urea groups is 1. The zero-order valence-corrected chi connectivity index (χ0v) is 22.2. The van der Waals surface area contributed by atoms with E-state index in [1.807, 2.05) is 18.2 Å². The van der Waals surface area contributed by atoms with Gasteiger partial charge in [0.1, 0.15) is 15.6 Å². The normalized spacial score (nSPS) is 13.4. The summed E-state index contributed by atoms with van der Waals surface area (Å²) in [5.41, 5.74) is 2.73. The van der Waals surface area contributed by atoms with Crippen molar-refractivity contribution in [2.45, 2.75) is 25.4 Å². The number of rotatable bonds is 10. The van der Waals surface area contributed by atoms with E-state index in [0.29, 0.717) is 30.0 Å². The molecule has 0 spiro atoms. The molecule has 0 bridgehead atoms. The number of aromatic nitrogens is 2. The van der Waals surface area contributed by atoms with Crippen molar-refractivity contribution in [1.82, 2.24) is 20.6 Å². The lowest BCUT2D eigenvalue weighted by Crippen LogP contribution is -2.30. The lowest BCUT2D eigenvalue weighted by atomic mass is 10.2. The Morgan fingerprint density at radius 2 is 1.97 bits per heavy atom. The Kier molecular flexibility index (Phi) is 7.54. The molecule has 38 heavy (non-hydrogen) atoms. The van der Waals surface area contributed by atoms with Crippen molar-refractivity contribution in [1.29, 1.82) is 0 Å². The molecule has 1 aromatic carbocycles. The highest BCUT2D eigenvalue weighted by Crippen LogP contribution is 2.39. The van der Waals surface area contributed by atoms with Gasteiger partial charge in [0, 0.05) is 55.6 Å². The molecule has 9 nitrogen and oxygen atoms in total. The molecule has 0 radical (unpaired) electrons. The van der Waals surface area contributed by atoms with Gasteiger partial charge < -0.3 is 20.7 Å². The van der Waals surface area contributed by atoms with E-state index < -0.39 is 15.7 Å². The highest BCUT2D eigenvalue weighted by atomic mass is 32.2. The van der Waals surface area contributed by atoms with Crippen molar-refractivity contribution >= 4 is 43.1 Å². The average Bonchev–Trinajstić information content (AvgIpc) is 3.57. The summed E-state index contributed by atoms with van der Waals surface area (Å²) < 4.78 is 43.9. The van der Waals surface area contributed by atoms with Gasteiger partial charge in [-0.1, -0.05) is 6.07 Å². The van der Waals surface area contributed by atoms with Gasteiger partial charge in [-0.3, -0.25) is 9.97 Å². The SMILES string of the molecule is CS(=O)(=O)CCNCc1ccc(-c2cc3nccc(Oc4ccc(NC(=O)NC5CC5)cc4F)c3s2)nc1. The number of fused-ring (bicyclic) bond motifs is 1. The van der Waals surface area contributed by atoms with E-state index in [4.69, 9.17) is 4.74 Å². The Balaban J connectivity index is 1.26.